The van der Waals surface area contributed by atoms with Gasteiger partial charge in [-0.15, -0.1) is 0 Å². The molecule has 0 spiro atoms. The zero-order valence-corrected chi connectivity index (χ0v) is 15.3. The number of nitrogens with zero attached hydrogens (tertiary/aromatic N) is 3. The monoisotopic (exact) mass is 329 g/mol. The molecule has 1 atom stereocenters. The average molecular weight is 329 g/mol. The molecule has 0 N–H and O–H groups in total. The molecule has 5 heteroatoms. The number of ether oxygens (including phenoxy) is 1. The van der Waals surface area contributed by atoms with E-state index in [2.05, 4.69) is 10.6 Å². The Labute approximate surface area is 144 Å². The molecular formula is C19H27N3O2. The Balaban J connectivity index is 2.27. The summed E-state index contributed by atoms with van der Waals surface area (Å²) in [6.07, 6.45) is 4.17. The van der Waals surface area contributed by atoms with Gasteiger partial charge in [0.25, 0.3) is 5.91 Å². The van der Waals surface area contributed by atoms with Gasteiger partial charge in [-0.05, 0) is 58.2 Å². The summed E-state index contributed by atoms with van der Waals surface area (Å²) in [4.78, 5) is 14.0. The summed E-state index contributed by atoms with van der Waals surface area (Å²) in [5, 5.41) is 9.39. The van der Waals surface area contributed by atoms with Crippen LogP contribution in [-0.4, -0.2) is 41.2 Å². The predicted molar refractivity (Wildman–Crippen MR) is 94.4 cm³/mol. The molecule has 1 aromatic rings. The highest BCUT2D eigenvalue weighted by molar-refractivity contribution is 6.01. The molecule has 130 valence electrons. The van der Waals surface area contributed by atoms with Crippen LogP contribution in [-0.2, 0) is 16.1 Å². The molecule has 0 bridgehead atoms. The fourth-order valence-electron chi connectivity index (χ4n) is 2.97. The molecule has 2 heterocycles. The van der Waals surface area contributed by atoms with Crippen molar-refractivity contribution in [3.63, 3.8) is 0 Å². The topological polar surface area (TPSA) is 58.3 Å². The Morgan fingerprint density at radius 3 is 2.79 bits per heavy atom. The minimum absolute atomic E-state index is 0.0567. The molecule has 24 heavy (non-hydrogen) atoms. The van der Waals surface area contributed by atoms with Gasteiger partial charge >= 0.3 is 0 Å². The lowest BCUT2D eigenvalue weighted by Gasteiger charge is -2.20. The molecule has 5 nitrogen and oxygen atoms in total. The Hall–Kier alpha value is -2.06. The third-order valence-electron chi connectivity index (χ3n) is 4.77. The Morgan fingerprint density at radius 2 is 2.25 bits per heavy atom. The van der Waals surface area contributed by atoms with Crippen molar-refractivity contribution in [2.45, 2.75) is 59.2 Å². The first-order valence-electron chi connectivity index (χ1n) is 8.52. The average Bonchev–Trinajstić information content (AvgIpc) is 3.15. The quantitative estimate of drug-likeness (QED) is 0.616. The standard InChI is InChI=1S/C19H27N3O2/c1-13(2)21(5)19(23)17(11-20)10-16-9-14(3)22(15(16)4)12-18-7-6-8-24-18/h9-10,13,18H,6-8,12H2,1-5H3/b17-10+. The highest BCUT2D eigenvalue weighted by Gasteiger charge is 2.20. The Morgan fingerprint density at radius 1 is 1.54 bits per heavy atom. The number of carbonyl (C=O) groups excluding carboxylic acids is 1. The third kappa shape index (κ3) is 3.88. The van der Waals surface area contributed by atoms with Gasteiger partial charge in [0.2, 0.25) is 0 Å². The molecule has 1 unspecified atom stereocenters. The first kappa shape index (κ1) is 18.3. The van der Waals surface area contributed by atoms with Gasteiger partial charge in [0.05, 0.1) is 6.10 Å². The first-order valence-corrected chi connectivity index (χ1v) is 8.52. The highest BCUT2D eigenvalue weighted by atomic mass is 16.5. The van der Waals surface area contributed by atoms with E-state index in [0.29, 0.717) is 0 Å². The molecule has 1 fully saturated rings. The van der Waals surface area contributed by atoms with Crippen molar-refractivity contribution in [2.75, 3.05) is 13.7 Å². The van der Waals surface area contributed by atoms with Gasteiger partial charge in [-0.25, -0.2) is 0 Å². The summed E-state index contributed by atoms with van der Waals surface area (Å²) < 4.78 is 7.94. The van der Waals surface area contributed by atoms with Crippen LogP contribution >= 0.6 is 0 Å². The van der Waals surface area contributed by atoms with Crippen molar-refractivity contribution < 1.29 is 9.53 Å². The van der Waals surface area contributed by atoms with Crippen LogP contribution in [0.15, 0.2) is 11.6 Å². The largest absolute Gasteiger partial charge is 0.376 e. The van der Waals surface area contributed by atoms with Crippen LogP contribution in [0.5, 0.6) is 0 Å². The van der Waals surface area contributed by atoms with Crippen molar-refractivity contribution in [3.8, 4) is 6.07 Å². The molecule has 2 rings (SSSR count). The van der Waals surface area contributed by atoms with Crippen LogP contribution in [0.3, 0.4) is 0 Å². The second-order valence-corrected chi connectivity index (χ2v) is 6.75. The van der Waals surface area contributed by atoms with Crippen LogP contribution in [0.25, 0.3) is 6.08 Å². The minimum Gasteiger partial charge on any atom is -0.376 e. The number of nitriles is 1. The van der Waals surface area contributed by atoms with Gasteiger partial charge < -0.3 is 14.2 Å². The number of aromatic nitrogens is 1. The van der Waals surface area contributed by atoms with E-state index in [-0.39, 0.29) is 23.6 Å². The maximum absolute atomic E-state index is 12.4. The van der Waals surface area contributed by atoms with Crippen LogP contribution in [0, 0.1) is 25.2 Å². The van der Waals surface area contributed by atoms with Crippen LogP contribution in [0.1, 0.15) is 43.6 Å². The van der Waals surface area contributed by atoms with Gasteiger partial charge in [0, 0.05) is 37.6 Å². The van der Waals surface area contributed by atoms with Crippen LogP contribution in [0.2, 0.25) is 0 Å². The minimum atomic E-state index is -0.239. The number of likely N-dealkylation sites (N-methyl/N-ethyl adjacent to an activating group) is 1. The maximum Gasteiger partial charge on any atom is 0.264 e. The lowest BCUT2D eigenvalue weighted by molar-refractivity contribution is -0.126. The smallest absolute Gasteiger partial charge is 0.264 e. The predicted octanol–water partition coefficient (Wildman–Crippen LogP) is 3.06. The molecular weight excluding hydrogens is 302 g/mol. The number of rotatable bonds is 5. The Bertz CT molecular complexity index is 674. The summed E-state index contributed by atoms with van der Waals surface area (Å²) in [6.45, 7) is 9.60. The van der Waals surface area contributed by atoms with E-state index >= 15 is 0 Å². The molecule has 0 aliphatic carbocycles. The highest BCUT2D eigenvalue weighted by Crippen LogP contribution is 2.22. The summed E-state index contributed by atoms with van der Waals surface area (Å²) in [5.74, 6) is -0.239. The van der Waals surface area contributed by atoms with Crippen molar-refractivity contribution in [3.05, 3.63) is 28.6 Å². The van der Waals surface area contributed by atoms with Gasteiger partial charge in [-0.1, -0.05) is 0 Å². The summed E-state index contributed by atoms with van der Waals surface area (Å²) in [7, 11) is 1.72. The molecule has 0 aromatic carbocycles. The number of amides is 1. The summed E-state index contributed by atoms with van der Waals surface area (Å²) in [5.41, 5.74) is 3.28. The number of hydrogen-bond donors (Lipinski definition) is 0. The molecule has 0 radical (unpaired) electrons. The second-order valence-electron chi connectivity index (χ2n) is 6.75. The normalized spacial score (nSPS) is 18.0. The lowest BCUT2D eigenvalue weighted by atomic mass is 10.1. The first-order chi connectivity index (χ1) is 11.3. The van der Waals surface area contributed by atoms with Crippen molar-refractivity contribution in [1.82, 2.24) is 9.47 Å². The van der Waals surface area contributed by atoms with Gasteiger partial charge in [0.1, 0.15) is 11.6 Å². The van der Waals surface area contributed by atoms with Crippen LogP contribution in [0.4, 0.5) is 0 Å². The third-order valence-corrected chi connectivity index (χ3v) is 4.77. The lowest BCUT2D eigenvalue weighted by Crippen LogP contribution is -2.33. The molecule has 1 amide bonds. The zero-order chi connectivity index (χ0) is 17.9. The molecule has 1 saturated heterocycles. The maximum atomic E-state index is 12.4. The number of aryl methyl sites for hydroxylation is 1. The van der Waals surface area contributed by atoms with Gasteiger partial charge in [0.15, 0.2) is 0 Å². The van der Waals surface area contributed by atoms with E-state index in [0.717, 1.165) is 42.9 Å². The van der Waals surface area contributed by atoms with Crippen molar-refractivity contribution in [1.29, 1.82) is 5.26 Å². The molecule has 1 aliphatic rings. The van der Waals surface area contributed by atoms with E-state index in [9.17, 15) is 10.1 Å². The second kappa shape index (κ2) is 7.67. The fourth-order valence-corrected chi connectivity index (χ4v) is 2.97. The van der Waals surface area contributed by atoms with Gasteiger partial charge in [-0.3, -0.25) is 4.79 Å². The van der Waals surface area contributed by atoms with Crippen molar-refractivity contribution in [2.24, 2.45) is 0 Å². The van der Waals surface area contributed by atoms with E-state index < -0.39 is 0 Å². The summed E-state index contributed by atoms with van der Waals surface area (Å²) >= 11 is 0. The number of hydrogen-bond acceptors (Lipinski definition) is 3. The SMILES string of the molecule is Cc1cc(/C=C(\C#N)C(=O)N(C)C(C)C)c(C)n1CC1CCCO1. The Kier molecular flexibility index (Phi) is 5.84. The molecule has 0 saturated carbocycles. The fraction of sp³-hybridized carbons (Fsp3) is 0.579. The van der Waals surface area contributed by atoms with E-state index in [4.69, 9.17) is 4.74 Å². The van der Waals surface area contributed by atoms with E-state index in [1.807, 2.05) is 33.8 Å². The van der Waals surface area contributed by atoms with Crippen LogP contribution < -0.4 is 0 Å². The number of carbonyl (C=O) groups is 1. The van der Waals surface area contributed by atoms with E-state index in [1.54, 1.807) is 18.0 Å². The zero-order valence-electron chi connectivity index (χ0n) is 15.3. The van der Waals surface area contributed by atoms with Crippen molar-refractivity contribution >= 4 is 12.0 Å². The molecule has 1 aromatic heterocycles. The van der Waals surface area contributed by atoms with E-state index in [1.165, 1.54) is 0 Å². The summed E-state index contributed by atoms with van der Waals surface area (Å²) in [6, 6.07) is 4.14. The van der Waals surface area contributed by atoms with Gasteiger partial charge in [-0.2, -0.15) is 5.26 Å². The molecule has 1 aliphatic heterocycles.